The van der Waals surface area contributed by atoms with Crippen LogP contribution in [0.4, 0.5) is 0 Å². The monoisotopic (exact) mass is 308 g/mol. The predicted molar refractivity (Wildman–Crippen MR) is 87.4 cm³/mol. The minimum Gasteiger partial charge on any atom is -0.504 e. The highest BCUT2D eigenvalue weighted by Gasteiger charge is 2.24. The summed E-state index contributed by atoms with van der Waals surface area (Å²) in [6, 6.07) is 18.7. The van der Waals surface area contributed by atoms with Gasteiger partial charge in [0.1, 0.15) is 24.2 Å². The Morgan fingerprint density at radius 2 is 1.65 bits per heavy atom. The highest BCUT2D eigenvalue weighted by Crippen LogP contribution is 2.42. The Bertz CT molecular complexity index is 825. The molecule has 0 aliphatic carbocycles. The molecule has 1 heterocycles. The van der Waals surface area contributed by atoms with Crippen LogP contribution in [0.3, 0.4) is 0 Å². The molecule has 0 bridgehead atoms. The van der Waals surface area contributed by atoms with E-state index in [4.69, 9.17) is 14.2 Å². The van der Waals surface area contributed by atoms with Crippen LogP contribution in [0.5, 0.6) is 23.0 Å². The minimum atomic E-state index is 0.111. The zero-order chi connectivity index (χ0) is 15.6. The van der Waals surface area contributed by atoms with Gasteiger partial charge in [-0.1, -0.05) is 42.5 Å². The van der Waals surface area contributed by atoms with E-state index in [0.717, 1.165) is 12.0 Å². The Hall–Kier alpha value is -2.72. The van der Waals surface area contributed by atoms with Gasteiger partial charge < -0.3 is 19.3 Å². The number of hydrogen-bond acceptors (Lipinski definition) is 4. The van der Waals surface area contributed by atoms with Crippen molar-refractivity contribution in [3.63, 3.8) is 0 Å². The number of ether oxygens (including phenoxy) is 3. The zero-order valence-corrected chi connectivity index (χ0v) is 12.4. The van der Waals surface area contributed by atoms with Crippen LogP contribution in [0, 0.1) is 0 Å². The van der Waals surface area contributed by atoms with E-state index in [1.807, 2.05) is 54.6 Å². The first kappa shape index (κ1) is 13.9. The van der Waals surface area contributed by atoms with Gasteiger partial charge in [0.05, 0.1) is 6.61 Å². The van der Waals surface area contributed by atoms with Crippen LogP contribution in [0.2, 0.25) is 0 Å². The fourth-order valence-corrected chi connectivity index (χ4v) is 2.46. The molecule has 1 aliphatic rings. The summed E-state index contributed by atoms with van der Waals surface area (Å²) in [5, 5.41) is 12.1. The average molecular weight is 308 g/mol. The van der Waals surface area contributed by atoms with Crippen molar-refractivity contribution in [2.45, 2.75) is 6.10 Å². The lowest BCUT2D eigenvalue weighted by atomic mass is 10.1. The largest absolute Gasteiger partial charge is 0.504 e. The molecule has 1 unspecified atom stereocenters. The highest BCUT2D eigenvalue weighted by molar-refractivity contribution is 5.95. The minimum absolute atomic E-state index is 0.111. The first-order valence-corrected chi connectivity index (χ1v) is 7.53. The van der Waals surface area contributed by atoms with Gasteiger partial charge in [-0.3, -0.25) is 0 Å². The Kier molecular flexibility index (Phi) is 3.52. The van der Waals surface area contributed by atoms with Crippen LogP contribution in [-0.4, -0.2) is 24.4 Å². The zero-order valence-electron chi connectivity index (χ0n) is 12.4. The molecule has 4 nitrogen and oxygen atoms in total. The number of aromatic hydroxyl groups is 1. The molecule has 1 saturated heterocycles. The van der Waals surface area contributed by atoms with Crippen molar-refractivity contribution in [1.29, 1.82) is 0 Å². The molecular weight excluding hydrogens is 292 g/mol. The van der Waals surface area contributed by atoms with Gasteiger partial charge in [-0.15, -0.1) is 0 Å². The molecular formula is C19H16O4. The van der Waals surface area contributed by atoms with Gasteiger partial charge in [0, 0.05) is 16.8 Å². The van der Waals surface area contributed by atoms with E-state index in [1.54, 1.807) is 6.07 Å². The first-order chi connectivity index (χ1) is 11.3. The van der Waals surface area contributed by atoms with Crippen molar-refractivity contribution in [3.05, 3.63) is 60.7 Å². The van der Waals surface area contributed by atoms with Crippen LogP contribution < -0.4 is 9.47 Å². The van der Waals surface area contributed by atoms with Crippen LogP contribution >= 0.6 is 0 Å². The number of epoxide rings is 1. The fourth-order valence-electron chi connectivity index (χ4n) is 2.46. The van der Waals surface area contributed by atoms with Crippen LogP contribution in [-0.2, 0) is 4.74 Å². The van der Waals surface area contributed by atoms with Gasteiger partial charge >= 0.3 is 0 Å². The molecule has 23 heavy (non-hydrogen) atoms. The Morgan fingerprint density at radius 1 is 0.957 bits per heavy atom. The normalized spacial score (nSPS) is 16.3. The van der Waals surface area contributed by atoms with Crippen molar-refractivity contribution in [1.82, 2.24) is 0 Å². The highest BCUT2D eigenvalue weighted by atomic mass is 16.6. The lowest BCUT2D eigenvalue weighted by molar-refractivity contribution is 0.264. The molecule has 0 radical (unpaired) electrons. The molecule has 4 rings (SSSR count). The lowest BCUT2D eigenvalue weighted by Crippen LogP contribution is -2.04. The number of para-hydroxylation sites is 1. The molecule has 3 aromatic rings. The number of fused-ring (bicyclic) bond motifs is 1. The third-order valence-electron chi connectivity index (χ3n) is 3.74. The molecule has 0 saturated carbocycles. The summed E-state index contributed by atoms with van der Waals surface area (Å²) in [6.45, 7) is 1.24. The Balaban J connectivity index is 1.75. The molecule has 0 amide bonds. The summed E-state index contributed by atoms with van der Waals surface area (Å²) in [4.78, 5) is 0. The van der Waals surface area contributed by atoms with E-state index < -0.39 is 0 Å². The van der Waals surface area contributed by atoms with Crippen molar-refractivity contribution < 1.29 is 19.3 Å². The van der Waals surface area contributed by atoms with E-state index in [1.165, 1.54) is 0 Å². The standard InChI is InChI=1S/C19H16O4/c20-19-16-9-5-4-8-15(16)17(22-12-14-11-21-14)10-18(19)23-13-6-2-1-3-7-13/h1-10,14,20H,11-12H2. The van der Waals surface area contributed by atoms with Crippen LogP contribution in [0.1, 0.15) is 0 Å². The van der Waals surface area contributed by atoms with Crippen molar-refractivity contribution >= 4 is 10.8 Å². The first-order valence-electron chi connectivity index (χ1n) is 7.53. The number of rotatable bonds is 5. The second-order valence-electron chi connectivity index (χ2n) is 5.45. The SMILES string of the molecule is Oc1c(Oc2ccccc2)cc(OCC2CO2)c2ccccc12. The van der Waals surface area contributed by atoms with Gasteiger partial charge in [0.25, 0.3) is 0 Å². The van der Waals surface area contributed by atoms with Gasteiger partial charge in [-0.2, -0.15) is 0 Å². The molecule has 4 heteroatoms. The Morgan fingerprint density at radius 3 is 2.39 bits per heavy atom. The smallest absolute Gasteiger partial charge is 0.173 e. The predicted octanol–water partition coefficient (Wildman–Crippen LogP) is 4.12. The second kappa shape index (κ2) is 5.82. The van der Waals surface area contributed by atoms with Gasteiger partial charge in [0.2, 0.25) is 0 Å². The number of hydrogen-bond donors (Lipinski definition) is 1. The third-order valence-corrected chi connectivity index (χ3v) is 3.74. The van der Waals surface area contributed by atoms with Gasteiger partial charge in [-0.25, -0.2) is 0 Å². The molecule has 0 spiro atoms. The topological polar surface area (TPSA) is 51.2 Å². The summed E-state index contributed by atoms with van der Waals surface area (Å²) < 4.78 is 16.9. The lowest BCUT2D eigenvalue weighted by Gasteiger charge is -2.14. The molecule has 116 valence electrons. The third kappa shape index (κ3) is 2.94. The summed E-state index contributed by atoms with van der Waals surface area (Å²) >= 11 is 0. The molecule has 0 aromatic heterocycles. The quantitative estimate of drug-likeness (QED) is 0.721. The average Bonchev–Trinajstić information content (AvgIpc) is 3.42. The van der Waals surface area contributed by atoms with Crippen LogP contribution in [0.25, 0.3) is 10.8 Å². The van der Waals surface area contributed by atoms with Crippen LogP contribution in [0.15, 0.2) is 60.7 Å². The van der Waals surface area contributed by atoms with E-state index >= 15 is 0 Å². The molecule has 1 N–H and O–H groups in total. The Labute approximate surface area is 133 Å². The molecule has 3 aromatic carbocycles. The van der Waals surface area contributed by atoms with Crippen molar-refractivity contribution in [2.75, 3.05) is 13.2 Å². The van der Waals surface area contributed by atoms with E-state index in [-0.39, 0.29) is 11.9 Å². The van der Waals surface area contributed by atoms with Gasteiger partial charge in [0.15, 0.2) is 11.5 Å². The maximum Gasteiger partial charge on any atom is 0.173 e. The molecule has 1 aliphatic heterocycles. The van der Waals surface area contributed by atoms with E-state index in [2.05, 4.69) is 0 Å². The summed E-state index contributed by atoms with van der Waals surface area (Å²) in [5.41, 5.74) is 0. The number of phenolic OH excluding ortho intramolecular Hbond substituents is 1. The van der Waals surface area contributed by atoms with Gasteiger partial charge in [-0.05, 0) is 12.1 Å². The van der Waals surface area contributed by atoms with Crippen molar-refractivity contribution in [2.24, 2.45) is 0 Å². The number of phenols is 1. The maximum atomic E-state index is 10.5. The molecule has 1 fully saturated rings. The fraction of sp³-hybridized carbons (Fsp3) is 0.158. The number of benzene rings is 3. The summed E-state index contributed by atoms with van der Waals surface area (Å²) in [6.07, 6.45) is 0.168. The maximum absolute atomic E-state index is 10.5. The van der Waals surface area contributed by atoms with E-state index in [0.29, 0.717) is 29.2 Å². The summed E-state index contributed by atoms with van der Waals surface area (Å²) in [5.74, 6) is 1.83. The second-order valence-corrected chi connectivity index (χ2v) is 5.45. The van der Waals surface area contributed by atoms with E-state index in [9.17, 15) is 5.11 Å². The summed E-state index contributed by atoms with van der Waals surface area (Å²) in [7, 11) is 0. The van der Waals surface area contributed by atoms with Crippen molar-refractivity contribution in [3.8, 4) is 23.0 Å². The molecule has 1 atom stereocenters.